The van der Waals surface area contributed by atoms with Gasteiger partial charge in [0, 0.05) is 35.4 Å². The number of nitrogens with zero attached hydrogens (tertiary/aromatic N) is 5. The van der Waals surface area contributed by atoms with Gasteiger partial charge in [0.15, 0.2) is 4.96 Å². The predicted molar refractivity (Wildman–Crippen MR) is 196 cm³/mol. The van der Waals surface area contributed by atoms with E-state index >= 15 is 0 Å². The Balaban J connectivity index is 0.924. The number of fused-ring (bicyclic) bond motifs is 5. The van der Waals surface area contributed by atoms with Crippen molar-refractivity contribution in [1.82, 2.24) is 24.1 Å². The fraction of sp³-hybridized carbons (Fsp3) is 0.333. The molecule has 0 saturated carbocycles. The van der Waals surface area contributed by atoms with Crippen LogP contribution in [0.4, 0.5) is 16.3 Å². The van der Waals surface area contributed by atoms with Gasteiger partial charge < -0.3 is 10.2 Å². The van der Waals surface area contributed by atoms with E-state index in [4.69, 9.17) is 10.1 Å². The number of piperidine rings is 1. The third kappa shape index (κ3) is 6.10. The van der Waals surface area contributed by atoms with Gasteiger partial charge in [-0.3, -0.25) is 14.5 Å². The first-order chi connectivity index (χ1) is 23.6. The Bertz CT molecular complexity index is 2170. The molecule has 5 heterocycles. The molecule has 3 amide bonds. The van der Waals surface area contributed by atoms with E-state index in [0.717, 1.165) is 65.2 Å². The number of para-hydroxylation sites is 1. The molecule has 0 radical (unpaired) electrons. The number of hydrogen-bond acceptors (Lipinski definition) is 5. The molecule has 2 bridgehead atoms. The Labute approximate surface area is 290 Å². The average Bonchev–Trinajstić information content (AvgIpc) is 3.82. The smallest absolute Gasteiger partial charge is 0.324 e. The van der Waals surface area contributed by atoms with Crippen LogP contribution in [-0.4, -0.2) is 48.1 Å². The number of anilines is 2. The van der Waals surface area contributed by atoms with Crippen LogP contribution in [0.3, 0.4) is 0 Å². The number of rotatable bonds is 6. The topological polar surface area (TPSA) is 96.6 Å². The molecular weight excluding hydrogens is 631 g/mol. The number of imidazole rings is 1. The van der Waals surface area contributed by atoms with Crippen LogP contribution in [0.5, 0.6) is 0 Å². The van der Waals surface area contributed by atoms with E-state index in [2.05, 4.69) is 60.6 Å². The van der Waals surface area contributed by atoms with Crippen LogP contribution in [0, 0.1) is 12.8 Å². The number of urea groups is 1. The molecule has 3 aromatic heterocycles. The monoisotopic (exact) mass is 671 g/mol. The number of nitrogens with one attached hydrogen (secondary N) is 2. The summed E-state index contributed by atoms with van der Waals surface area (Å²) in [4.78, 5) is 34.8. The molecule has 10 heteroatoms. The van der Waals surface area contributed by atoms with Gasteiger partial charge in [0.1, 0.15) is 11.5 Å². The summed E-state index contributed by atoms with van der Waals surface area (Å²) in [6, 6.07) is 26.5. The molecule has 8 rings (SSSR count). The van der Waals surface area contributed by atoms with Crippen molar-refractivity contribution in [2.75, 3.05) is 10.6 Å². The standard InChI is InChI=1S/C39H41N7O2S/c1-24-12-14-28(15-13-24)46-35(22-34(43-46)39(2,3)4)42-37(48)40-27-9-7-8-25(19-27)18-26-20-29-16-17-30(21-26)45(29)36(47)31-23-44-32-10-5-6-11-33(32)49-38(44)41-31/h5-15,19,22-23,26,29-30H,16-18,20-21H2,1-4H3,(H2,40,42,48). The largest absolute Gasteiger partial charge is 0.331 e. The van der Waals surface area contributed by atoms with Gasteiger partial charge in [-0.25, -0.2) is 14.5 Å². The lowest BCUT2D eigenvalue weighted by Crippen LogP contribution is -2.47. The van der Waals surface area contributed by atoms with Gasteiger partial charge in [0.25, 0.3) is 5.91 Å². The van der Waals surface area contributed by atoms with Gasteiger partial charge in [-0.2, -0.15) is 5.10 Å². The van der Waals surface area contributed by atoms with Crippen molar-refractivity contribution in [1.29, 1.82) is 0 Å². The Morgan fingerprint density at radius 2 is 1.67 bits per heavy atom. The summed E-state index contributed by atoms with van der Waals surface area (Å²) in [6.07, 6.45) is 6.85. The molecule has 3 aromatic carbocycles. The first-order valence-corrected chi connectivity index (χ1v) is 17.9. The Morgan fingerprint density at radius 3 is 2.43 bits per heavy atom. The minimum absolute atomic E-state index is 0.0569. The number of thiazole rings is 1. The summed E-state index contributed by atoms with van der Waals surface area (Å²) in [6.45, 7) is 8.38. The third-order valence-corrected chi connectivity index (χ3v) is 11.0. The summed E-state index contributed by atoms with van der Waals surface area (Å²) in [5.41, 5.74) is 6.33. The lowest BCUT2D eigenvalue weighted by atomic mass is 9.85. The zero-order valence-corrected chi connectivity index (χ0v) is 29.1. The molecule has 250 valence electrons. The van der Waals surface area contributed by atoms with Crippen LogP contribution < -0.4 is 10.6 Å². The van der Waals surface area contributed by atoms with Crippen LogP contribution in [0.1, 0.15) is 73.8 Å². The first kappa shape index (κ1) is 31.3. The van der Waals surface area contributed by atoms with E-state index < -0.39 is 0 Å². The van der Waals surface area contributed by atoms with Crippen molar-refractivity contribution in [3.8, 4) is 5.69 Å². The van der Waals surface area contributed by atoms with E-state index in [1.54, 1.807) is 16.0 Å². The summed E-state index contributed by atoms with van der Waals surface area (Å²) in [5.74, 6) is 1.14. The van der Waals surface area contributed by atoms with E-state index in [1.165, 1.54) is 10.3 Å². The molecule has 0 spiro atoms. The van der Waals surface area contributed by atoms with Crippen molar-refractivity contribution >= 4 is 50.0 Å². The minimum Gasteiger partial charge on any atom is -0.331 e. The van der Waals surface area contributed by atoms with E-state index in [-0.39, 0.29) is 29.4 Å². The van der Waals surface area contributed by atoms with E-state index in [9.17, 15) is 9.59 Å². The highest BCUT2D eigenvalue weighted by molar-refractivity contribution is 7.23. The molecule has 6 aromatic rings. The summed E-state index contributed by atoms with van der Waals surface area (Å²) in [7, 11) is 0. The van der Waals surface area contributed by atoms with E-state index in [1.807, 2.05) is 72.1 Å². The zero-order valence-electron chi connectivity index (χ0n) is 28.3. The Kier molecular flexibility index (Phi) is 7.78. The average molecular weight is 672 g/mol. The van der Waals surface area contributed by atoms with Gasteiger partial charge in [-0.15, -0.1) is 0 Å². The van der Waals surface area contributed by atoms with Gasteiger partial charge in [-0.05, 0) is 86.9 Å². The van der Waals surface area contributed by atoms with Gasteiger partial charge >= 0.3 is 6.03 Å². The highest BCUT2D eigenvalue weighted by atomic mass is 32.1. The molecule has 2 fully saturated rings. The summed E-state index contributed by atoms with van der Waals surface area (Å²) in [5, 5.41) is 10.9. The number of hydrogen-bond donors (Lipinski definition) is 2. The van der Waals surface area contributed by atoms with E-state index in [0.29, 0.717) is 17.4 Å². The van der Waals surface area contributed by atoms with Gasteiger partial charge in [0.05, 0.1) is 21.6 Å². The fourth-order valence-electron chi connectivity index (χ4n) is 7.58. The second-order valence-corrected chi connectivity index (χ2v) is 15.7. The number of carbonyl (C=O) groups excluding carboxylic acids is 2. The number of benzene rings is 3. The second-order valence-electron chi connectivity index (χ2n) is 14.7. The maximum Gasteiger partial charge on any atom is 0.324 e. The summed E-state index contributed by atoms with van der Waals surface area (Å²) < 4.78 is 5.01. The van der Waals surface area contributed by atoms with Crippen LogP contribution >= 0.6 is 11.3 Å². The summed E-state index contributed by atoms with van der Waals surface area (Å²) >= 11 is 1.62. The molecule has 9 nitrogen and oxygen atoms in total. The maximum atomic E-state index is 13.8. The normalized spacial score (nSPS) is 19.1. The Morgan fingerprint density at radius 1 is 0.918 bits per heavy atom. The molecule has 2 unspecified atom stereocenters. The molecule has 0 aliphatic carbocycles. The number of carbonyl (C=O) groups is 2. The SMILES string of the molecule is Cc1ccc(-n2nc(C(C)(C)C)cc2NC(=O)Nc2cccc(CC3CC4CCC(C3)N4C(=O)c3cn4c(n3)sc3ccccc34)c2)cc1. The van der Waals surface area contributed by atoms with Crippen molar-refractivity contribution in [3.63, 3.8) is 0 Å². The lowest BCUT2D eigenvalue weighted by Gasteiger charge is -2.38. The quantitative estimate of drug-likeness (QED) is 0.185. The molecule has 2 N–H and O–H groups in total. The highest BCUT2D eigenvalue weighted by Crippen LogP contribution is 2.41. The lowest BCUT2D eigenvalue weighted by molar-refractivity contribution is 0.0519. The van der Waals surface area contributed by atoms with Crippen molar-refractivity contribution in [2.24, 2.45) is 5.92 Å². The van der Waals surface area contributed by atoms with Crippen LogP contribution in [-0.2, 0) is 11.8 Å². The molecule has 2 aliphatic rings. The molecule has 49 heavy (non-hydrogen) atoms. The van der Waals surface area contributed by atoms with Crippen LogP contribution in [0.2, 0.25) is 0 Å². The number of amides is 3. The minimum atomic E-state index is -0.317. The molecular formula is C39H41N7O2S. The zero-order chi connectivity index (χ0) is 33.9. The van der Waals surface area contributed by atoms with Crippen molar-refractivity contribution < 1.29 is 9.59 Å². The predicted octanol–water partition coefficient (Wildman–Crippen LogP) is 8.61. The highest BCUT2D eigenvalue weighted by Gasteiger charge is 2.44. The Hall–Kier alpha value is -4.96. The van der Waals surface area contributed by atoms with Crippen molar-refractivity contribution in [3.05, 3.63) is 108 Å². The molecule has 2 saturated heterocycles. The van der Waals surface area contributed by atoms with Crippen molar-refractivity contribution in [2.45, 2.75) is 77.3 Å². The number of aromatic nitrogens is 4. The van der Waals surface area contributed by atoms with Crippen LogP contribution in [0.15, 0.2) is 85.1 Å². The third-order valence-electron chi connectivity index (χ3n) is 9.99. The van der Waals surface area contributed by atoms with Gasteiger partial charge in [-0.1, -0.05) is 74.1 Å². The van der Waals surface area contributed by atoms with Gasteiger partial charge in [0.2, 0.25) is 0 Å². The number of aryl methyl sites for hydroxylation is 1. The maximum absolute atomic E-state index is 13.8. The molecule has 2 aliphatic heterocycles. The first-order valence-electron chi connectivity index (χ1n) is 17.1. The second kappa shape index (κ2) is 12.2. The molecule has 2 atom stereocenters. The fourth-order valence-corrected chi connectivity index (χ4v) is 8.59. The van der Waals surface area contributed by atoms with Crippen LogP contribution in [0.25, 0.3) is 20.9 Å².